The van der Waals surface area contributed by atoms with Gasteiger partial charge in [0.15, 0.2) is 6.23 Å². The van der Waals surface area contributed by atoms with E-state index in [4.69, 9.17) is 9.47 Å². The Hall–Kier alpha value is -2.61. The molecule has 3 saturated carbocycles. The summed E-state index contributed by atoms with van der Waals surface area (Å²) in [5.41, 5.74) is 1.04. The Morgan fingerprint density at radius 1 is 1.14 bits per heavy atom. The van der Waals surface area contributed by atoms with Crippen LogP contribution in [0, 0.1) is 17.3 Å². The lowest BCUT2D eigenvalue weighted by atomic mass is 9.55. The lowest BCUT2D eigenvalue weighted by Gasteiger charge is -2.49. The average Bonchev–Trinajstić information content (AvgIpc) is 3.18. The molecule has 3 aliphatic carbocycles. The van der Waals surface area contributed by atoms with Crippen LogP contribution in [0.2, 0.25) is 0 Å². The highest BCUT2D eigenvalue weighted by atomic mass is 16.7. The lowest BCUT2D eigenvalue weighted by Crippen LogP contribution is -2.53. The van der Waals surface area contributed by atoms with Gasteiger partial charge in [0.2, 0.25) is 5.91 Å². The van der Waals surface area contributed by atoms with E-state index in [1.54, 1.807) is 18.7 Å². The maximum Gasteiger partial charge on any atom is 0.507 e. The van der Waals surface area contributed by atoms with Gasteiger partial charge in [-0.2, -0.15) is 0 Å². The first kappa shape index (κ1) is 25.5. The quantitative estimate of drug-likeness (QED) is 0.509. The van der Waals surface area contributed by atoms with Crippen LogP contribution in [0.1, 0.15) is 64.4 Å². The zero-order valence-corrected chi connectivity index (χ0v) is 20.8. The normalized spacial score (nSPS) is 29.1. The minimum absolute atomic E-state index is 0.0650. The highest BCUT2D eigenvalue weighted by molar-refractivity contribution is 5.84. The highest BCUT2D eigenvalue weighted by Crippen LogP contribution is 2.58. The minimum Gasteiger partial charge on any atom is -0.465 e. The third kappa shape index (κ3) is 5.80. The van der Waals surface area contributed by atoms with E-state index in [0.717, 1.165) is 24.8 Å². The second kappa shape index (κ2) is 11.0. The summed E-state index contributed by atoms with van der Waals surface area (Å²) >= 11 is 0. The smallest absolute Gasteiger partial charge is 0.465 e. The standard InChI is InChI=1S/C27H38N2O6/c1-3-34-25(31)22(14-11-19-7-5-4-6-8-19)28-18(2)24(30)29-17-27(16-23(29)35-26(32)33)15-20-9-12-21(27)13-10-20/h4-8,18,20-23,28H,3,9-17H2,1-2H3,(H,32,33)/t18-,20?,21?,22-,23+,27+/m1/s1. The molecule has 1 aromatic rings. The van der Waals surface area contributed by atoms with Gasteiger partial charge in [-0.25, -0.2) is 4.79 Å². The van der Waals surface area contributed by atoms with Crippen molar-refractivity contribution in [3.8, 4) is 0 Å². The van der Waals surface area contributed by atoms with Crippen molar-refractivity contribution in [2.75, 3.05) is 13.2 Å². The Kier molecular flexibility index (Phi) is 7.99. The molecule has 1 aromatic carbocycles. The molecule has 192 valence electrons. The Bertz CT molecular complexity index is 900. The van der Waals surface area contributed by atoms with Gasteiger partial charge in [0.25, 0.3) is 0 Å². The van der Waals surface area contributed by atoms with Gasteiger partial charge in [-0.1, -0.05) is 43.2 Å². The van der Waals surface area contributed by atoms with Crippen LogP contribution in [-0.2, 0) is 25.5 Å². The molecule has 1 saturated heterocycles. The Balaban J connectivity index is 1.45. The molecule has 5 rings (SSSR count). The molecule has 1 heterocycles. The van der Waals surface area contributed by atoms with Crippen LogP contribution in [0.15, 0.2) is 30.3 Å². The number of amides is 1. The maximum atomic E-state index is 13.6. The monoisotopic (exact) mass is 486 g/mol. The molecular formula is C27H38N2O6. The Morgan fingerprint density at radius 2 is 1.86 bits per heavy atom. The van der Waals surface area contributed by atoms with Crippen LogP contribution in [-0.4, -0.2) is 59.5 Å². The fraction of sp³-hybridized carbons (Fsp3) is 0.667. The molecule has 4 aliphatic rings. The van der Waals surface area contributed by atoms with Crippen molar-refractivity contribution >= 4 is 18.0 Å². The number of rotatable bonds is 9. The van der Waals surface area contributed by atoms with Crippen LogP contribution >= 0.6 is 0 Å². The fourth-order valence-corrected chi connectivity index (χ4v) is 6.66. The number of nitrogens with zero attached hydrogens (tertiary/aromatic N) is 1. The first-order valence-electron chi connectivity index (χ1n) is 13.0. The van der Waals surface area contributed by atoms with E-state index in [0.29, 0.717) is 37.6 Å². The van der Waals surface area contributed by atoms with Gasteiger partial charge in [0.1, 0.15) is 6.04 Å². The number of aryl methyl sites for hydroxylation is 1. The minimum atomic E-state index is -1.36. The summed E-state index contributed by atoms with van der Waals surface area (Å²) in [5, 5.41) is 12.5. The summed E-state index contributed by atoms with van der Waals surface area (Å²) in [6, 6.07) is 8.54. The van der Waals surface area contributed by atoms with Crippen molar-refractivity contribution in [3.05, 3.63) is 35.9 Å². The predicted molar refractivity (Wildman–Crippen MR) is 130 cm³/mol. The zero-order valence-electron chi connectivity index (χ0n) is 20.8. The van der Waals surface area contributed by atoms with Crippen molar-refractivity contribution in [1.82, 2.24) is 10.2 Å². The Labute approximate surface area is 207 Å². The van der Waals surface area contributed by atoms with E-state index in [9.17, 15) is 19.5 Å². The van der Waals surface area contributed by atoms with E-state index in [-0.39, 0.29) is 23.9 Å². The topological polar surface area (TPSA) is 105 Å². The van der Waals surface area contributed by atoms with Crippen LogP contribution in [0.5, 0.6) is 0 Å². The van der Waals surface area contributed by atoms with Gasteiger partial charge in [0.05, 0.1) is 12.6 Å². The first-order chi connectivity index (χ1) is 16.8. The molecule has 2 N–H and O–H groups in total. The van der Waals surface area contributed by atoms with Crippen molar-refractivity contribution in [1.29, 1.82) is 0 Å². The summed E-state index contributed by atoms with van der Waals surface area (Å²) in [5.74, 6) is 0.543. The summed E-state index contributed by atoms with van der Waals surface area (Å²) in [6.07, 6.45) is 5.35. The van der Waals surface area contributed by atoms with Crippen molar-refractivity contribution in [2.24, 2.45) is 17.3 Å². The number of nitrogens with one attached hydrogen (secondary N) is 1. The number of esters is 1. The SMILES string of the molecule is CCOC(=O)[C@@H](CCc1ccccc1)N[C@H](C)C(=O)N1C[C@]2(CC3CCC2CC3)C[C@@H]1OC(=O)O. The largest absolute Gasteiger partial charge is 0.507 e. The van der Waals surface area contributed by atoms with E-state index < -0.39 is 24.5 Å². The van der Waals surface area contributed by atoms with Crippen LogP contribution < -0.4 is 5.32 Å². The third-order valence-electron chi connectivity index (χ3n) is 8.30. The second-order valence-corrected chi connectivity index (χ2v) is 10.5. The summed E-state index contributed by atoms with van der Waals surface area (Å²) in [4.78, 5) is 39.3. The fourth-order valence-electron chi connectivity index (χ4n) is 6.66. The molecular weight excluding hydrogens is 448 g/mol. The predicted octanol–water partition coefficient (Wildman–Crippen LogP) is 3.98. The number of carboxylic acid groups (broad SMARTS) is 1. The molecule has 1 spiro atoms. The van der Waals surface area contributed by atoms with Gasteiger partial charge in [-0.05, 0) is 68.8 Å². The zero-order chi connectivity index (χ0) is 25.0. The number of benzene rings is 1. The molecule has 35 heavy (non-hydrogen) atoms. The number of carbonyl (C=O) groups excluding carboxylic acids is 2. The molecule has 2 bridgehead atoms. The van der Waals surface area contributed by atoms with Crippen molar-refractivity contribution in [2.45, 2.75) is 83.5 Å². The van der Waals surface area contributed by atoms with E-state index in [1.807, 2.05) is 30.3 Å². The molecule has 4 atom stereocenters. The van der Waals surface area contributed by atoms with Gasteiger partial charge >= 0.3 is 12.1 Å². The molecule has 0 radical (unpaired) electrons. The number of likely N-dealkylation sites (tertiary alicyclic amines) is 1. The van der Waals surface area contributed by atoms with Gasteiger partial charge in [-0.15, -0.1) is 0 Å². The first-order valence-corrected chi connectivity index (χ1v) is 13.0. The molecule has 1 amide bonds. The number of fused-ring (bicyclic) bond motifs is 2. The second-order valence-electron chi connectivity index (χ2n) is 10.5. The number of hydrogen-bond acceptors (Lipinski definition) is 6. The molecule has 8 heteroatoms. The van der Waals surface area contributed by atoms with E-state index in [2.05, 4.69) is 5.32 Å². The maximum absolute atomic E-state index is 13.6. The highest BCUT2D eigenvalue weighted by Gasteiger charge is 2.56. The third-order valence-corrected chi connectivity index (χ3v) is 8.30. The molecule has 4 fully saturated rings. The van der Waals surface area contributed by atoms with Crippen LogP contribution in [0.3, 0.4) is 0 Å². The lowest BCUT2D eigenvalue weighted by molar-refractivity contribution is -0.147. The van der Waals surface area contributed by atoms with E-state index >= 15 is 0 Å². The van der Waals surface area contributed by atoms with Crippen LogP contribution in [0.25, 0.3) is 0 Å². The van der Waals surface area contributed by atoms with E-state index in [1.165, 1.54) is 12.8 Å². The summed E-state index contributed by atoms with van der Waals surface area (Å²) in [6.45, 7) is 4.27. The number of ether oxygens (including phenoxy) is 2. The van der Waals surface area contributed by atoms with Crippen molar-refractivity contribution in [3.63, 3.8) is 0 Å². The average molecular weight is 487 g/mol. The number of hydrogen-bond donors (Lipinski definition) is 2. The van der Waals surface area contributed by atoms with Gasteiger partial charge < -0.3 is 19.5 Å². The van der Waals surface area contributed by atoms with Gasteiger partial charge in [-0.3, -0.25) is 14.9 Å². The van der Waals surface area contributed by atoms with Gasteiger partial charge in [0, 0.05) is 13.0 Å². The summed E-state index contributed by atoms with van der Waals surface area (Å²) in [7, 11) is 0. The molecule has 8 nitrogen and oxygen atoms in total. The Morgan fingerprint density at radius 3 is 2.46 bits per heavy atom. The molecule has 0 aromatic heterocycles. The number of carbonyl (C=O) groups is 3. The molecule has 1 aliphatic heterocycles. The van der Waals surface area contributed by atoms with Crippen LogP contribution in [0.4, 0.5) is 4.79 Å². The van der Waals surface area contributed by atoms with Crippen molar-refractivity contribution < 1.29 is 29.0 Å². The molecule has 0 unspecified atom stereocenters. The summed E-state index contributed by atoms with van der Waals surface area (Å²) < 4.78 is 10.5.